The van der Waals surface area contributed by atoms with Crippen molar-refractivity contribution in [3.8, 4) is 5.75 Å². The maximum atomic E-state index is 11.7. The van der Waals surface area contributed by atoms with Gasteiger partial charge in [0, 0.05) is 13.1 Å². The molecule has 0 saturated carbocycles. The Morgan fingerprint density at radius 1 is 1.53 bits per heavy atom. The lowest BCUT2D eigenvalue weighted by molar-refractivity contribution is -0.132. The molecule has 0 radical (unpaired) electrons. The summed E-state index contributed by atoms with van der Waals surface area (Å²) in [6.07, 6.45) is 0.236. The number of carbonyl (C=O) groups is 1. The Morgan fingerprint density at radius 3 is 2.94 bits per heavy atom. The summed E-state index contributed by atoms with van der Waals surface area (Å²) in [6, 6.07) is 7.05. The van der Waals surface area contributed by atoms with Crippen LogP contribution in [0.4, 0.5) is 5.69 Å². The van der Waals surface area contributed by atoms with E-state index in [-0.39, 0.29) is 12.5 Å². The van der Waals surface area contributed by atoms with Crippen molar-refractivity contribution in [3.63, 3.8) is 0 Å². The van der Waals surface area contributed by atoms with E-state index in [1.165, 1.54) is 0 Å². The number of benzene rings is 1. The first-order valence-electron chi connectivity index (χ1n) is 5.60. The lowest BCUT2D eigenvalue weighted by atomic mass is 10.3. The number of carbonyl (C=O) groups excluding carboxylic acids is 1. The number of ether oxygens (including phenoxy) is 1. The van der Waals surface area contributed by atoms with Crippen molar-refractivity contribution in [2.24, 2.45) is 0 Å². The third-order valence-corrected chi connectivity index (χ3v) is 2.79. The molecule has 0 aromatic heterocycles. The number of aliphatic hydroxyl groups excluding tert-OH is 1. The van der Waals surface area contributed by atoms with Crippen LogP contribution >= 0.6 is 0 Å². The van der Waals surface area contributed by atoms with Crippen molar-refractivity contribution in [3.05, 3.63) is 24.3 Å². The number of hydrogen-bond donors (Lipinski definition) is 2. The van der Waals surface area contributed by atoms with Gasteiger partial charge in [0.1, 0.15) is 5.75 Å². The zero-order valence-corrected chi connectivity index (χ0v) is 9.50. The summed E-state index contributed by atoms with van der Waals surface area (Å²) >= 11 is 0. The molecule has 5 heteroatoms. The second-order valence-electron chi connectivity index (χ2n) is 4.11. The predicted molar refractivity (Wildman–Crippen MR) is 63.6 cm³/mol. The number of aliphatic hydroxyl groups is 1. The van der Waals surface area contributed by atoms with E-state index in [1.54, 1.807) is 29.2 Å². The van der Waals surface area contributed by atoms with Gasteiger partial charge in [-0.15, -0.1) is 0 Å². The minimum atomic E-state index is -0.402. The molecule has 0 bridgehead atoms. The molecular weight excluding hydrogens is 220 g/mol. The number of para-hydroxylation sites is 2. The molecule has 1 saturated heterocycles. The molecule has 1 heterocycles. The maximum absolute atomic E-state index is 11.7. The first-order chi connectivity index (χ1) is 8.16. The van der Waals surface area contributed by atoms with Gasteiger partial charge in [-0.05, 0) is 18.6 Å². The molecule has 2 rings (SSSR count). The van der Waals surface area contributed by atoms with Crippen LogP contribution in [0.15, 0.2) is 24.3 Å². The number of β-amino-alcohol motifs (C(OH)–C–C–N with tert-alkyl or cyclic N) is 1. The third kappa shape index (κ3) is 2.88. The van der Waals surface area contributed by atoms with Crippen LogP contribution < -0.4 is 10.5 Å². The zero-order chi connectivity index (χ0) is 12.3. The molecule has 92 valence electrons. The largest absolute Gasteiger partial charge is 0.482 e. The van der Waals surface area contributed by atoms with Crippen LogP contribution in [-0.2, 0) is 4.79 Å². The number of rotatable bonds is 3. The number of amides is 1. The van der Waals surface area contributed by atoms with Gasteiger partial charge in [0.15, 0.2) is 6.61 Å². The van der Waals surface area contributed by atoms with Gasteiger partial charge in [-0.3, -0.25) is 4.79 Å². The third-order valence-electron chi connectivity index (χ3n) is 2.79. The van der Waals surface area contributed by atoms with Gasteiger partial charge in [0.25, 0.3) is 5.91 Å². The second kappa shape index (κ2) is 5.05. The van der Waals surface area contributed by atoms with Crippen LogP contribution in [0, 0.1) is 0 Å². The fourth-order valence-corrected chi connectivity index (χ4v) is 1.81. The van der Waals surface area contributed by atoms with Crippen molar-refractivity contribution < 1.29 is 14.6 Å². The minimum absolute atomic E-state index is 0.0407. The van der Waals surface area contributed by atoms with Gasteiger partial charge in [-0.25, -0.2) is 0 Å². The normalized spacial score (nSPS) is 19.4. The second-order valence-corrected chi connectivity index (χ2v) is 4.11. The molecular formula is C12H16N2O3. The molecule has 1 aliphatic heterocycles. The lowest BCUT2D eigenvalue weighted by Gasteiger charge is -2.16. The van der Waals surface area contributed by atoms with Crippen molar-refractivity contribution in [2.75, 3.05) is 25.4 Å². The number of hydrogen-bond acceptors (Lipinski definition) is 4. The highest BCUT2D eigenvalue weighted by atomic mass is 16.5. The molecule has 1 aromatic rings. The summed E-state index contributed by atoms with van der Waals surface area (Å²) in [6.45, 7) is 0.945. The molecule has 1 fully saturated rings. The average molecular weight is 236 g/mol. The minimum Gasteiger partial charge on any atom is -0.482 e. The van der Waals surface area contributed by atoms with E-state index in [0.29, 0.717) is 30.9 Å². The van der Waals surface area contributed by atoms with E-state index in [2.05, 4.69) is 0 Å². The molecule has 0 aliphatic carbocycles. The van der Waals surface area contributed by atoms with Crippen LogP contribution in [0.3, 0.4) is 0 Å². The summed E-state index contributed by atoms with van der Waals surface area (Å²) in [4.78, 5) is 13.3. The van der Waals surface area contributed by atoms with E-state index >= 15 is 0 Å². The molecule has 1 atom stereocenters. The van der Waals surface area contributed by atoms with E-state index in [9.17, 15) is 9.90 Å². The summed E-state index contributed by atoms with van der Waals surface area (Å²) in [5.41, 5.74) is 6.21. The van der Waals surface area contributed by atoms with Gasteiger partial charge in [-0.2, -0.15) is 0 Å². The van der Waals surface area contributed by atoms with Crippen molar-refractivity contribution in [1.82, 2.24) is 4.90 Å². The summed E-state index contributed by atoms with van der Waals surface area (Å²) in [5.74, 6) is 0.394. The fraction of sp³-hybridized carbons (Fsp3) is 0.417. The van der Waals surface area contributed by atoms with Gasteiger partial charge >= 0.3 is 0 Å². The number of likely N-dealkylation sites (tertiary alicyclic amines) is 1. The van der Waals surface area contributed by atoms with Crippen LogP contribution in [0.2, 0.25) is 0 Å². The van der Waals surface area contributed by atoms with Gasteiger partial charge in [0.2, 0.25) is 0 Å². The maximum Gasteiger partial charge on any atom is 0.260 e. The molecule has 17 heavy (non-hydrogen) atoms. The summed E-state index contributed by atoms with van der Waals surface area (Å²) < 4.78 is 5.35. The zero-order valence-electron chi connectivity index (χ0n) is 9.50. The Hall–Kier alpha value is -1.75. The Labute approximate surface area is 99.8 Å². The Morgan fingerprint density at radius 2 is 2.29 bits per heavy atom. The average Bonchev–Trinajstić information content (AvgIpc) is 2.74. The number of nitrogen functional groups attached to an aromatic ring is 1. The van der Waals surface area contributed by atoms with Crippen LogP contribution in [0.5, 0.6) is 5.75 Å². The molecule has 1 aromatic carbocycles. The van der Waals surface area contributed by atoms with Crippen molar-refractivity contribution in [2.45, 2.75) is 12.5 Å². The predicted octanol–water partition coefficient (Wildman–Crippen LogP) is 0.241. The Bertz CT molecular complexity index is 408. The first-order valence-corrected chi connectivity index (χ1v) is 5.60. The smallest absolute Gasteiger partial charge is 0.260 e. The SMILES string of the molecule is Nc1ccccc1OCC(=O)N1CC[C@@H](O)C1. The highest BCUT2D eigenvalue weighted by molar-refractivity contribution is 5.78. The summed E-state index contributed by atoms with van der Waals surface area (Å²) in [7, 11) is 0. The van der Waals surface area contributed by atoms with Crippen LogP contribution in [0.25, 0.3) is 0 Å². The standard InChI is InChI=1S/C12H16N2O3/c13-10-3-1-2-4-11(10)17-8-12(16)14-6-5-9(15)7-14/h1-4,9,15H,5-8,13H2/t9-/m1/s1. The molecule has 3 N–H and O–H groups in total. The van der Waals surface area contributed by atoms with Crippen LogP contribution in [-0.4, -0.2) is 41.7 Å². The number of nitrogens with zero attached hydrogens (tertiary/aromatic N) is 1. The highest BCUT2D eigenvalue weighted by Gasteiger charge is 2.24. The molecule has 1 amide bonds. The van der Waals surface area contributed by atoms with E-state index in [0.717, 1.165) is 0 Å². The first kappa shape index (κ1) is 11.7. The number of anilines is 1. The highest BCUT2D eigenvalue weighted by Crippen LogP contribution is 2.19. The van der Waals surface area contributed by atoms with E-state index < -0.39 is 6.10 Å². The van der Waals surface area contributed by atoms with Gasteiger partial charge in [0.05, 0.1) is 11.8 Å². The van der Waals surface area contributed by atoms with Crippen molar-refractivity contribution >= 4 is 11.6 Å². The topological polar surface area (TPSA) is 75.8 Å². The molecule has 0 spiro atoms. The summed E-state index contributed by atoms with van der Waals surface area (Å²) in [5, 5.41) is 9.32. The molecule has 1 aliphatic rings. The van der Waals surface area contributed by atoms with E-state index in [4.69, 9.17) is 10.5 Å². The van der Waals surface area contributed by atoms with Gasteiger partial charge < -0.3 is 20.5 Å². The van der Waals surface area contributed by atoms with Crippen LogP contribution in [0.1, 0.15) is 6.42 Å². The van der Waals surface area contributed by atoms with Gasteiger partial charge in [-0.1, -0.05) is 12.1 Å². The molecule has 5 nitrogen and oxygen atoms in total. The van der Waals surface area contributed by atoms with Crippen molar-refractivity contribution in [1.29, 1.82) is 0 Å². The lowest BCUT2D eigenvalue weighted by Crippen LogP contribution is -2.33. The molecule has 0 unspecified atom stereocenters. The Kier molecular flexibility index (Phi) is 3.49. The number of nitrogens with two attached hydrogens (primary N) is 1. The fourth-order valence-electron chi connectivity index (χ4n) is 1.81. The quantitative estimate of drug-likeness (QED) is 0.737. The Balaban J connectivity index is 1.86. The van der Waals surface area contributed by atoms with E-state index in [1.807, 2.05) is 0 Å². The monoisotopic (exact) mass is 236 g/mol.